The summed E-state index contributed by atoms with van der Waals surface area (Å²) in [6.45, 7) is 5.45. The van der Waals surface area contributed by atoms with Crippen LogP contribution in [0.25, 0.3) is 0 Å². The van der Waals surface area contributed by atoms with E-state index < -0.39 is 10.0 Å². The van der Waals surface area contributed by atoms with E-state index >= 15 is 0 Å². The van der Waals surface area contributed by atoms with Crippen LogP contribution in [0.2, 0.25) is 0 Å². The highest BCUT2D eigenvalue weighted by molar-refractivity contribution is 7.92. The zero-order valence-electron chi connectivity index (χ0n) is 19.2. The Bertz CT molecular complexity index is 1130. The minimum Gasteiger partial charge on any atom is -0.487 e. The molecule has 1 N–H and O–H groups in total. The third-order valence-corrected chi connectivity index (χ3v) is 8.19. The molecule has 1 unspecified atom stereocenters. The van der Waals surface area contributed by atoms with Crippen LogP contribution in [0.15, 0.2) is 42.5 Å². The first-order chi connectivity index (χ1) is 15.8. The summed E-state index contributed by atoms with van der Waals surface area (Å²) in [6.07, 6.45) is 2.22. The molecule has 0 spiro atoms. The third kappa shape index (κ3) is 4.59. The molecule has 4 rings (SSSR count). The van der Waals surface area contributed by atoms with Crippen LogP contribution in [0.5, 0.6) is 17.2 Å². The predicted octanol–water partition coefficient (Wildman–Crippen LogP) is 3.77. The van der Waals surface area contributed by atoms with E-state index in [1.807, 2.05) is 24.3 Å². The standard InChI is InChI=1S/C24H30N2O6S/c1-4-24(5-2)14-19(18-9-7-8-10-20(18)32-24)25-23(27)15-26(33(28,29)6-3)17-11-12-21-22(13-17)31-16-30-21/h7-13,19H,4-6,14-16H2,1-3H3,(H,25,27). The summed E-state index contributed by atoms with van der Waals surface area (Å²) in [5.41, 5.74) is 0.884. The van der Waals surface area contributed by atoms with E-state index in [9.17, 15) is 13.2 Å². The maximum absolute atomic E-state index is 13.2. The Balaban J connectivity index is 1.59. The van der Waals surface area contributed by atoms with Crippen LogP contribution in [0.1, 0.15) is 51.6 Å². The van der Waals surface area contributed by atoms with Gasteiger partial charge >= 0.3 is 0 Å². The Kier molecular flexibility index (Phi) is 6.43. The first kappa shape index (κ1) is 23.2. The van der Waals surface area contributed by atoms with Crippen molar-refractivity contribution >= 4 is 21.6 Å². The molecule has 8 nitrogen and oxygen atoms in total. The van der Waals surface area contributed by atoms with Gasteiger partial charge in [0.1, 0.15) is 17.9 Å². The second kappa shape index (κ2) is 9.13. The fraction of sp³-hybridized carbons (Fsp3) is 0.458. The molecule has 0 aromatic heterocycles. The molecule has 178 valence electrons. The summed E-state index contributed by atoms with van der Waals surface area (Å²) in [7, 11) is -3.71. The number of carbonyl (C=O) groups is 1. The lowest BCUT2D eigenvalue weighted by Gasteiger charge is -2.41. The minimum absolute atomic E-state index is 0.0829. The Morgan fingerprint density at radius 2 is 1.79 bits per heavy atom. The number of nitrogens with zero attached hydrogens (tertiary/aromatic N) is 1. The number of carbonyl (C=O) groups excluding carboxylic acids is 1. The first-order valence-corrected chi connectivity index (χ1v) is 12.9. The molecule has 33 heavy (non-hydrogen) atoms. The fourth-order valence-electron chi connectivity index (χ4n) is 4.35. The van der Waals surface area contributed by atoms with Crippen LogP contribution in [-0.2, 0) is 14.8 Å². The lowest BCUT2D eigenvalue weighted by molar-refractivity contribution is -0.121. The molecular weight excluding hydrogens is 444 g/mol. The Morgan fingerprint density at radius 1 is 1.06 bits per heavy atom. The van der Waals surface area contributed by atoms with Crippen molar-refractivity contribution in [2.45, 2.75) is 51.7 Å². The molecule has 9 heteroatoms. The van der Waals surface area contributed by atoms with Gasteiger partial charge in [-0.2, -0.15) is 0 Å². The smallest absolute Gasteiger partial charge is 0.241 e. The van der Waals surface area contributed by atoms with Crippen molar-refractivity contribution in [3.63, 3.8) is 0 Å². The molecule has 0 aliphatic carbocycles. The molecule has 0 fully saturated rings. The molecule has 1 atom stereocenters. The molecule has 2 aromatic carbocycles. The Labute approximate surface area is 194 Å². The minimum atomic E-state index is -3.71. The monoisotopic (exact) mass is 474 g/mol. The summed E-state index contributed by atoms with van der Waals surface area (Å²) < 4.78 is 43.9. The molecule has 2 aliphatic heterocycles. The summed E-state index contributed by atoms with van der Waals surface area (Å²) in [4.78, 5) is 13.2. The maximum Gasteiger partial charge on any atom is 0.241 e. The highest BCUT2D eigenvalue weighted by atomic mass is 32.2. The Morgan fingerprint density at radius 3 is 2.52 bits per heavy atom. The van der Waals surface area contributed by atoms with Gasteiger partial charge < -0.3 is 19.5 Å². The van der Waals surface area contributed by atoms with E-state index in [0.717, 1.165) is 28.5 Å². The van der Waals surface area contributed by atoms with E-state index in [0.29, 0.717) is 23.6 Å². The predicted molar refractivity (Wildman–Crippen MR) is 125 cm³/mol. The van der Waals surface area contributed by atoms with E-state index in [1.165, 1.54) is 0 Å². The number of amides is 1. The average Bonchev–Trinajstić information content (AvgIpc) is 3.30. The highest BCUT2D eigenvalue weighted by Crippen LogP contribution is 2.42. The summed E-state index contributed by atoms with van der Waals surface area (Å²) in [6, 6.07) is 12.3. The normalized spacial score (nSPS) is 18.2. The molecule has 0 saturated heterocycles. The highest BCUT2D eigenvalue weighted by Gasteiger charge is 2.39. The van der Waals surface area contributed by atoms with Crippen LogP contribution in [-0.4, -0.2) is 39.0 Å². The average molecular weight is 475 g/mol. The fourth-order valence-corrected chi connectivity index (χ4v) is 5.41. The number of fused-ring (bicyclic) bond motifs is 2. The van der Waals surface area contributed by atoms with Crippen molar-refractivity contribution in [2.75, 3.05) is 23.4 Å². The SMILES string of the molecule is CCC1(CC)CC(NC(=O)CN(c2ccc3c(c2)OCO3)S(=O)(=O)CC)c2ccccc2O1. The number of para-hydroxylation sites is 1. The second-order valence-electron chi connectivity index (χ2n) is 8.30. The van der Waals surface area contributed by atoms with Gasteiger partial charge in [-0.25, -0.2) is 8.42 Å². The van der Waals surface area contributed by atoms with E-state index in [-0.39, 0.29) is 36.6 Å². The number of rotatable bonds is 8. The van der Waals surface area contributed by atoms with Crippen molar-refractivity contribution in [1.29, 1.82) is 0 Å². The van der Waals surface area contributed by atoms with Crippen molar-refractivity contribution < 1.29 is 27.4 Å². The van der Waals surface area contributed by atoms with Gasteiger partial charge in [-0.1, -0.05) is 32.0 Å². The molecule has 1 amide bonds. The van der Waals surface area contributed by atoms with Gasteiger partial charge in [0.15, 0.2) is 11.5 Å². The van der Waals surface area contributed by atoms with Gasteiger partial charge in [0.05, 0.1) is 17.5 Å². The first-order valence-electron chi connectivity index (χ1n) is 11.3. The number of nitrogens with one attached hydrogen (secondary N) is 1. The number of ether oxygens (including phenoxy) is 3. The van der Waals surface area contributed by atoms with Gasteiger partial charge in [-0.3, -0.25) is 9.10 Å². The maximum atomic E-state index is 13.2. The quantitative estimate of drug-likeness (QED) is 0.626. The topological polar surface area (TPSA) is 94.2 Å². The van der Waals surface area contributed by atoms with Crippen LogP contribution < -0.4 is 23.8 Å². The zero-order valence-corrected chi connectivity index (χ0v) is 20.0. The van der Waals surface area contributed by atoms with Crippen molar-refractivity contribution in [3.05, 3.63) is 48.0 Å². The zero-order chi connectivity index (χ0) is 23.6. The van der Waals surface area contributed by atoms with E-state index in [2.05, 4.69) is 19.2 Å². The molecule has 2 heterocycles. The van der Waals surface area contributed by atoms with Gasteiger partial charge in [-0.05, 0) is 38.0 Å². The summed E-state index contributed by atoms with van der Waals surface area (Å²) >= 11 is 0. The molecule has 2 aliphatic rings. The molecule has 0 saturated carbocycles. The van der Waals surface area contributed by atoms with Gasteiger partial charge in [0.2, 0.25) is 22.7 Å². The molecule has 0 bridgehead atoms. The number of sulfonamides is 1. The third-order valence-electron chi connectivity index (χ3n) is 6.45. The van der Waals surface area contributed by atoms with E-state index in [4.69, 9.17) is 14.2 Å². The lowest BCUT2D eigenvalue weighted by Crippen LogP contribution is -2.47. The van der Waals surface area contributed by atoms with E-state index in [1.54, 1.807) is 25.1 Å². The largest absolute Gasteiger partial charge is 0.487 e. The van der Waals surface area contributed by atoms with Crippen LogP contribution in [0.4, 0.5) is 5.69 Å². The van der Waals surface area contributed by atoms with Crippen LogP contribution in [0.3, 0.4) is 0 Å². The van der Waals surface area contributed by atoms with Crippen molar-refractivity contribution in [3.8, 4) is 17.2 Å². The van der Waals surface area contributed by atoms with Gasteiger partial charge in [0, 0.05) is 18.1 Å². The second-order valence-corrected chi connectivity index (χ2v) is 10.5. The lowest BCUT2D eigenvalue weighted by atomic mass is 9.83. The molecular formula is C24H30N2O6S. The molecule has 0 radical (unpaired) electrons. The summed E-state index contributed by atoms with van der Waals surface area (Å²) in [5.74, 6) is 1.24. The molecule has 2 aromatic rings. The number of hydrogen-bond donors (Lipinski definition) is 1. The number of anilines is 1. The van der Waals surface area contributed by atoms with Crippen molar-refractivity contribution in [2.24, 2.45) is 0 Å². The van der Waals surface area contributed by atoms with Gasteiger partial charge in [0.25, 0.3) is 0 Å². The van der Waals surface area contributed by atoms with Crippen LogP contribution >= 0.6 is 0 Å². The number of hydrogen-bond acceptors (Lipinski definition) is 6. The Hall–Kier alpha value is -2.94. The van der Waals surface area contributed by atoms with Crippen molar-refractivity contribution in [1.82, 2.24) is 5.32 Å². The number of benzene rings is 2. The van der Waals surface area contributed by atoms with Crippen LogP contribution in [0, 0.1) is 0 Å². The van der Waals surface area contributed by atoms with Gasteiger partial charge in [-0.15, -0.1) is 0 Å². The summed E-state index contributed by atoms with van der Waals surface area (Å²) in [5, 5.41) is 3.07.